The van der Waals surface area contributed by atoms with E-state index in [1.54, 1.807) is 6.07 Å². The lowest BCUT2D eigenvalue weighted by molar-refractivity contribution is 0.0696. The van der Waals surface area contributed by atoms with Crippen LogP contribution in [0.3, 0.4) is 0 Å². The molecule has 0 spiro atoms. The molecule has 0 heterocycles. The van der Waals surface area contributed by atoms with Crippen LogP contribution in [0.2, 0.25) is 0 Å². The zero-order chi connectivity index (χ0) is 12.3. The van der Waals surface area contributed by atoms with Gasteiger partial charge in [-0.2, -0.15) is 0 Å². The van der Waals surface area contributed by atoms with E-state index >= 15 is 0 Å². The van der Waals surface area contributed by atoms with Crippen LogP contribution in [0.15, 0.2) is 17.7 Å². The molecular formula is C14H18O2. The summed E-state index contributed by atoms with van der Waals surface area (Å²) in [5.41, 5.74) is 4.63. The Balaban J connectivity index is 3.26. The normalized spacial score (nSPS) is 11.6. The molecule has 0 fully saturated rings. The van der Waals surface area contributed by atoms with Crippen molar-refractivity contribution in [3.8, 4) is 0 Å². The highest BCUT2D eigenvalue weighted by Crippen LogP contribution is 2.19. The first kappa shape index (κ1) is 12.5. The van der Waals surface area contributed by atoms with Crippen molar-refractivity contribution in [2.24, 2.45) is 0 Å². The van der Waals surface area contributed by atoms with Crippen molar-refractivity contribution in [2.45, 2.75) is 34.1 Å². The molecule has 16 heavy (non-hydrogen) atoms. The number of allylic oxidation sites excluding steroid dienone is 1. The summed E-state index contributed by atoms with van der Waals surface area (Å²) in [5.74, 6) is -0.858. The van der Waals surface area contributed by atoms with Gasteiger partial charge in [-0.05, 0) is 49.9 Å². The van der Waals surface area contributed by atoms with E-state index in [1.165, 1.54) is 5.57 Å². The van der Waals surface area contributed by atoms with E-state index in [-0.39, 0.29) is 0 Å². The molecule has 0 saturated heterocycles. The molecule has 1 rings (SSSR count). The summed E-state index contributed by atoms with van der Waals surface area (Å²) >= 11 is 0. The fourth-order valence-electron chi connectivity index (χ4n) is 1.59. The molecule has 0 atom stereocenters. The van der Waals surface area contributed by atoms with E-state index in [2.05, 4.69) is 19.9 Å². The summed E-state index contributed by atoms with van der Waals surface area (Å²) in [6.07, 6.45) is 3.13. The second-order valence-electron chi connectivity index (χ2n) is 4.17. The second-order valence-corrected chi connectivity index (χ2v) is 4.17. The van der Waals surface area contributed by atoms with Crippen LogP contribution in [-0.2, 0) is 0 Å². The Morgan fingerprint density at radius 1 is 1.31 bits per heavy atom. The Bertz CT molecular complexity index is 442. The fraction of sp³-hybridized carbons (Fsp3) is 0.357. The molecule has 0 unspecified atom stereocenters. The molecule has 0 aromatic heterocycles. The van der Waals surface area contributed by atoms with Crippen LogP contribution in [0.4, 0.5) is 0 Å². The maximum Gasteiger partial charge on any atom is 0.335 e. The average molecular weight is 218 g/mol. The third-order valence-electron chi connectivity index (χ3n) is 2.80. The molecule has 86 valence electrons. The van der Waals surface area contributed by atoms with Crippen LogP contribution >= 0.6 is 0 Å². The minimum Gasteiger partial charge on any atom is -0.478 e. The molecule has 0 aliphatic heterocycles. The van der Waals surface area contributed by atoms with Crippen LogP contribution in [0.1, 0.15) is 47.3 Å². The lowest BCUT2D eigenvalue weighted by Gasteiger charge is -2.07. The molecule has 1 aromatic carbocycles. The molecule has 0 amide bonds. The van der Waals surface area contributed by atoms with Gasteiger partial charge < -0.3 is 5.11 Å². The standard InChI is InChI=1S/C14H18O2/c1-5-9(2)6-12-7-11(4)13(14(15)16)8-10(12)3/h6-8H,5H2,1-4H3,(H,15,16)/b9-6+. The van der Waals surface area contributed by atoms with Crippen molar-refractivity contribution in [1.29, 1.82) is 0 Å². The number of benzene rings is 1. The minimum atomic E-state index is -0.858. The van der Waals surface area contributed by atoms with Crippen molar-refractivity contribution < 1.29 is 9.90 Å². The predicted molar refractivity (Wildman–Crippen MR) is 66.8 cm³/mol. The molecule has 2 nitrogen and oxygen atoms in total. The second kappa shape index (κ2) is 4.97. The van der Waals surface area contributed by atoms with Gasteiger partial charge in [0.15, 0.2) is 0 Å². The molecule has 0 radical (unpaired) electrons. The lowest BCUT2D eigenvalue weighted by atomic mass is 9.98. The van der Waals surface area contributed by atoms with Crippen LogP contribution in [0.25, 0.3) is 6.08 Å². The van der Waals surface area contributed by atoms with Gasteiger partial charge in [0.25, 0.3) is 0 Å². The monoisotopic (exact) mass is 218 g/mol. The molecule has 0 saturated carbocycles. The molecule has 0 bridgehead atoms. The van der Waals surface area contributed by atoms with Crippen LogP contribution in [0, 0.1) is 13.8 Å². The fourth-order valence-corrected chi connectivity index (χ4v) is 1.59. The number of carbonyl (C=O) groups is 1. The molecule has 0 aliphatic rings. The van der Waals surface area contributed by atoms with E-state index in [4.69, 9.17) is 5.11 Å². The number of hydrogen-bond donors (Lipinski definition) is 1. The lowest BCUT2D eigenvalue weighted by Crippen LogP contribution is -2.01. The van der Waals surface area contributed by atoms with Crippen molar-refractivity contribution in [3.05, 3.63) is 40.0 Å². The highest BCUT2D eigenvalue weighted by atomic mass is 16.4. The topological polar surface area (TPSA) is 37.3 Å². The number of aryl methyl sites for hydroxylation is 2. The smallest absolute Gasteiger partial charge is 0.335 e. The van der Waals surface area contributed by atoms with Gasteiger partial charge >= 0.3 is 5.97 Å². The minimum absolute atomic E-state index is 0.392. The summed E-state index contributed by atoms with van der Waals surface area (Å²) in [5, 5.41) is 8.99. The summed E-state index contributed by atoms with van der Waals surface area (Å²) in [7, 11) is 0. The van der Waals surface area contributed by atoms with Crippen molar-refractivity contribution in [3.63, 3.8) is 0 Å². The quantitative estimate of drug-likeness (QED) is 0.837. The Morgan fingerprint density at radius 3 is 2.44 bits per heavy atom. The summed E-state index contributed by atoms with van der Waals surface area (Å²) < 4.78 is 0. The maximum atomic E-state index is 10.9. The molecule has 2 heteroatoms. The van der Waals surface area contributed by atoms with E-state index in [1.807, 2.05) is 19.9 Å². The van der Waals surface area contributed by atoms with E-state index in [0.717, 1.165) is 23.1 Å². The zero-order valence-corrected chi connectivity index (χ0v) is 10.3. The zero-order valence-electron chi connectivity index (χ0n) is 10.3. The van der Waals surface area contributed by atoms with Gasteiger partial charge in [-0.1, -0.05) is 24.6 Å². The molecule has 0 aliphatic carbocycles. The predicted octanol–water partition coefficient (Wildman–Crippen LogP) is 3.81. The van der Waals surface area contributed by atoms with Gasteiger partial charge in [0, 0.05) is 0 Å². The summed E-state index contributed by atoms with van der Waals surface area (Å²) in [4.78, 5) is 10.9. The highest BCUT2D eigenvalue weighted by Gasteiger charge is 2.09. The van der Waals surface area contributed by atoms with Gasteiger partial charge in [-0.25, -0.2) is 4.79 Å². The summed E-state index contributed by atoms with van der Waals surface area (Å²) in [6, 6.07) is 3.68. The Hall–Kier alpha value is -1.57. The molecule has 1 aromatic rings. The third-order valence-corrected chi connectivity index (χ3v) is 2.80. The number of carboxylic acids is 1. The Kier molecular flexibility index (Phi) is 3.88. The first-order valence-electron chi connectivity index (χ1n) is 5.47. The number of carboxylic acid groups (broad SMARTS) is 1. The van der Waals surface area contributed by atoms with Crippen molar-refractivity contribution in [2.75, 3.05) is 0 Å². The SMILES string of the molecule is CC/C(C)=C/c1cc(C)c(C(=O)O)cc1C. The number of rotatable bonds is 3. The van der Waals surface area contributed by atoms with Crippen LogP contribution in [0.5, 0.6) is 0 Å². The number of hydrogen-bond acceptors (Lipinski definition) is 1. The van der Waals surface area contributed by atoms with E-state index in [0.29, 0.717) is 5.56 Å². The Labute approximate surface area is 96.6 Å². The van der Waals surface area contributed by atoms with Gasteiger partial charge in [-0.3, -0.25) is 0 Å². The van der Waals surface area contributed by atoms with Crippen LogP contribution in [-0.4, -0.2) is 11.1 Å². The summed E-state index contributed by atoms with van der Waals surface area (Å²) in [6.45, 7) is 7.97. The van der Waals surface area contributed by atoms with Gasteiger partial charge in [0.1, 0.15) is 0 Å². The largest absolute Gasteiger partial charge is 0.478 e. The van der Waals surface area contributed by atoms with E-state index in [9.17, 15) is 4.79 Å². The average Bonchev–Trinajstić information content (AvgIpc) is 2.22. The van der Waals surface area contributed by atoms with Crippen molar-refractivity contribution >= 4 is 12.0 Å². The van der Waals surface area contributed by atoms with Gasteiger partial charge in [-0.15, -0.1) is 0 Å². The van der Waals surface area contributed by atoms with Gasteiger partial charge in [0.2, 0.25) is 0 Å². The van der Waals surface area contributed by atoms with E-state index < -0.39 is 5.97 Å². The maximum absolute atomic E-state index is 10.9. The molecule has 1 N–H and O–H groups in total. The first-order valence-corrected chi connectivity index (χ1v) is 5.47. The van der Waals surface area contributed by atoms with Gasteiger partial charge in [0.05, 0.1) is 5.56 Å². The molecular weight excluding hydrogens is 200 g/mol. The third kappa shape index (κ3) is 2.72. The highest BCUT2D eigenvalue weighted by molar-refractivity contribution is 5.90. The van der Waals surface area contributed by atoms with Crippen molar-refractivity contribution in [1.82, 2.24) is 0 Å². The Morgan fingerprint density at radius 2 is 1.94 bits per heavy atom. The first-order chi connectivity index (χ1) is 7.45. The number of aromatic carboxylic acids is 1. The van der Waals surface area contributed by atoms with Crippen LogP contribution < -0.4 is 0 Å².